The minimum absolute atomic E-state index is 0.00432. The van der Waals surface area contributed by atoms with E-state index in [9.17, 15) is 25.2 Å². The summed E-state index contributed by atoms with van der Waals surface area (Å²) in [5, 5.41) is 48.8. The van der Waals surface area contributed by atoms with Crippen LogP contribution < -0.4 is 0 Å². The van der Waals surface area contributed by atoms with Crippen molar-refractivity contribution >= 4 is 5.78 Å². The molecule has 0 amide bonds. The Morgan fingerprint density at radius 1 is 0.920 bits per heavy atom. The van der Waals surface area contributed by atoms with Crippen LogP contribution in [-0.4, -0.2) is 68.1 Å². The molecule has 0 aromatic heterocycles. The molecule has 5 N–H and O–H groups in total. The van der Waals surface area contributed by atoms with Crippen LogP contribution in [0.2, 0.25) is 0 Å². The molecule has 25 heavy (non-hydrogen) atoms. The second kappa shape index (κ2) is 11.2. The fourth-order valence-electron chi connectivity index (χ4n) is 3.16. The van der Waals surface area contributed by atoms with Crippen LogP contribution in [0.3, 0.4) is 0 Å². The number of Topliss-reactive ketones (excluding diaryl/α,β-unsaturated/α-hetero) is 1. The van der Waals surface area contributed by atoms with Gasteiger partial charge in [-0.25, -0.2) is 0 Å². The Balaban J connectivity index is 2.33. The van der Waals surface area contributed by atoms with Crippen molar-refractivity contribution in [1.82, 2.24) is 0 Å². The van der Waals surface area contributed by atoms with Crippen molar-refractivity contribution in [2.24, 2.45) is 0 Å². The topological polar surface area (TPSA) is 127 Å². The molecule has 1 aliphatic rings. The number of carbonyl (C=O) groups excluding carboxylic acids is 1. The van der Waals surface area contributed by atoms with E-state index >= 15 is 0 Å². The van der Waals surface area contributed by atoms with Crippen molar-refractivity contribution in [2.75, 3.05) is 6.61 Å². The van der Waals surface area contributed by atoms with Crippen molar-refractivity contribution in [3.63, 3.8) is 0 Å². The maximum Gasteiger partial charge on any atom is 0.256 e. The van der Waals surface area contributed by atoms with E-state index in [0.29, 0.717) is 6.42 Å². The van der Waals surface area contributed by atoms with Crippen molar-refractivity contribution < 1.29 is 35.1 Å². The Kier molecular flexibility index (Phi) is 10.1. The lowest BCUT2D eigenvalue weighted by molar-refractivity contribution is -0.331. The monoisotopic (exact) mass is 362 g/mol. The van der Waals surface area contributed by atoms with E-state index in [-0.39, 0.29) is 6.42 Å². The summed E-state index contributed by atoms with van der Waals surface area (Å²) in [6, 6.07) is 0. The van der Waals surface area contributed by atoms with Crippen molar-refractivity contribution in [3.8, 4) is 0 Å². The highest BCUT2D eigenvalue weighted by atomic mass is 16.7. The zero-order valence-electron chi connectivity index (χ0n) is 15.1. The van der Waals surface area contributed by atoms with E-state index in [0.717, 1.165) is 19.3 Å². The first-order chi connectivity index (χ1) is 11.9. The first kappa shape index (κ1) is 22.5. The smallest absolute Gasteiger partial charge is 0.256 e. The Morgan fingerprint density at radius 3 is 1.96 bits per heavy atom. The normalized spacial score (nSPS) is 32.7. The van der Waals surface area contributed by atoms with Crippen LogP contribution in [0.15, 0.2) is 0 Å². The van der Waals surface area contributed by atoms with E-state index in [4.69, 9.17) is 9.84 Å². The van der Waals surface area contributed by atoms with Gasteiger partial charge in [-0.05, 0) is 6.42 Å². The summed E-state index contributed by atoms with van der Waals surface area (Å²) in [6.45, 7) is 1.50. The molecule has 1 rings (SSSR count). The molecule has 0 aromatic carbocycles. The van der Waals surface area contributed by atoms with Gasteiger partial charge in [0, 0.05) is 6.42 Å². The minimum atomic E-state index is -2.59. The van der Waals surface area contributed by atoms with Gasteiger partial charge in [-0.2, -0.15) is 0 Å². The highest BCUT2D eigenvalue weighted by Gasteiger charge is 2.56. The number of ether oxygens (including phenoxy) is 1. The summed E-state index contributed by atoms with van der Waals surface area (Å²) >= 11 is 0. The number of ketones is 1. The van der Waals surface area contributed by atoms with Crippen LogP contribution in [-0.2, 0) is 9.53 Å². The van der Waals surface area contributed by atoms with Gasteiger partial charge in [-0.3, -0.25) is 4.79 Å². The molecular formula is C18H34O7. The Morgan fingerprint density at radius 2 is 1.44 bits per heavy atom. The van der Waals surface area contributed by atoms with Crippen LogP contribution in [0, 0.1) is 0 Å². The lowest BCUT2D eigenvalue weighted by Gasteiger charge is -2.44. The SMILES string of the molecule is CCCCCCCCCCCC(=O)[C@]1(O)O[C@H](CO)[C@H](O)[C@H](O)[C@H]1O. The standard InChI is InChI=1S/C18H34O7/c1-2-3-4-5-6-7-8-9-10-11-14(20)18(24)17(23)16(22)15(21)13(12-19)25-18/h13,15-17,19,21-24H,2-12H2,1H3/t13-,15+,16+,17-,18+/m1/s1. The zero-order chi connectivity index (χ0) is 18.9. The van der Waals surface area contributed by atoms with Crippen molar-refractivity contribution in [2.45, 2.75) is 101 Å². The van der Waals surface area contributed by atoms with Gasteiger partial charge < -0.3 is 30.3 Å². The van der Waals surface area contributed by atoms with Crippen LogP contribution in [0.4, 0.5) is 0 Å². The molecule has 1 aliphatic heterocycles. The van der Waals surface area contributed by atoms with E-state index in [1.54, 1.807) is 0 Å². The molecule has 0 saturated carbocycles. The van der Waals surface area contributed by atoms with Crippen molar-refractivity contribution in [3.05, 3.63) is 0 Å². The molecular weight excluding hydrogens is 328 g/mol. The third-order valence-electron chi connectivity index (χ3n) is 4.87. The first-order valence-electron chi connectivity index (χ1n) is 9.47. The van der Waals surface area contributed by atoms with Crippen LogP contribution in [0.25, 0.3) is 0 Å². The van der Waals surface area contributed by atoms with Crippen LogP contribution in [0.1, 0.15) is 71.1 Å². The van der Waals surface area contributed by atoms with Gasteiger partial charge in [0.1, 0.15) is 24.4 Å². The molecule has 5 atom stereocenters. The van der Waals surface area contributed by atoms with Gasteiger partial charge in [0.15, 0.2) is 5.78 Å². The summed E-state index contributed by atoms with van der Waals surface area (Å²) in [4.78, 5) is 12.2. The van der Waals surface area contributed by atoms with E-state index in [1.807, 2.05) is 0 Å². The predicted octanol–water partition coefficient (Wildman–Crippen LogP) is 0.639. The maximum atomic E-state index is 12.2. The Hall–Kier alpha value is -0.570. The zero-order valence-corrected chi connectivity index (χ0v) is 15.1. The highest BCUT2D eigenvalue weighted by Crippen LogP contribution is 2.30. The van der Waals surface area contributed by atoms with E-state index in [2.05, 4.69) is 6.92 Å². The summed E-state index contributed by atoms with van der Waals surface area (Å²) in [5.74, 6) is -3.33. The molecule has 0 radical (unpaired) electrons. The van der Waals surface area contributed by atoms with E-state index in [1.165, 1.54) is 32.1 Å². The maximum absolute atomic E-state index is 12.2. The molecule has 7 nitrogen and oxygen atoms in total. The van der Waals surface area contributed by atoms with Crippen molar-refractivity contribution in [1.29, 1.82) is 0 Å². The summed E-state index contributed by atoms with van der Waals surface area (Å²) in [6.07, 6.45) is 3.07. The number of hydrogen-bond acceptors (Lipinski definition) is 7. The molecule has 0 aliphatic carbocycles. The highest BCUT2D eigenvalue weighted by molar-refractivity contribution is 5.86. The number of rotatable bonds is 12. The lowest BCUT2D eigenvalue weighted by atomic mass is 9.88. The van der Waals surface area contributed by atoms with Gasteiger partial charge in [-0.15, -0.1) is 0 Å². The number of aliphatic hydroxyl groups excluding tert-OH is 4. The minimum Gasteiger partial charge on any atom is -0.394 e. The molecule has 1 heterocycles. The average molecular weight is 362 g/mol. The fourth-order valence-corrected chi connectivity index (χ4v) is 3.16. The van der Waals surface area contributed by atoms with Gasteiger partial charge in [0.2, 0.25) is 0 Å². The lowest BCUT2D eigenvalue weighted by Crippen LogP contribution is -2.68. The second-order valence-corrected chi connectivity index (χ2v) is 6.96. The van der Waals surface area contributed by atoms with Gasteiger partial charge in [0.25, 0.3) is 5.79 Å². The fraction of sp³-hybridized carbons (Fsp3) is 0.944. The van der Waals surface area contributed by atoms with Crippen LogP contribution in [0.5, 0.6) is 0 Å². The summed E-state index contributed by atoms with van der Waals surface area (Å²) in [7, 11) is 0. The molecule has 1 fully saturated rings. The number of carbonyl (C=O) groups is 1. The van der Waals surface area contributed by atoms with Gasteiger partial charge in [-0.1, -0.05) is 58.3 Å². The molecule has 1 saturated heterocycles. The number of hydrogen-bond donors (Lipinski definition) is 5. The second-order valence-electron chi connectivity index (χ2n) is 6.96. The molecule has 148 valence electrons. The molecule has 0 aromatic rings. The van der Waals surface area contributed by atoms with Gasteiger partial charge in [0.05, 0.1) is 6.61 Å². The first-order valence-corrected chi connectivity index (χ1v) is 9.47. The third kappa shape index (κ3) is 6.27. The Labute approximate surface area is 149 Å². The third-order valence-corrected chi connectivity index (χ3v) is 4.87. The average Bonchev–Trinajstić information content (AvgIpc) is 2.61. The predicted molar refractivity (Wildman–Crippen MR) is 91.8 cm³/mol. The van der Waals surface area contributed by atoms with E-state index < -0.39 is 42.6 Å². The van der Waals surface area contributed by atoms with Crippen LogP contribution >= 0.6 is 0 Å². The number of unbranched alkanes of at least 4 members (excludes halogenated alkanes) is 8. The largest absolute Gasteiger partial charge is 0.394 e. The molecule has 0 bridgehead atoms. The summed E-state index contributed by atoms with van der Waals surface area (Å²) < 4.78 is 5.01. The molecule has 7 heteroatoms. The Bertz CT molecular complexity index is 388. The summed E-state index contributed by atoms with van der Waals surface area (Å²) in [5.41, 5.74) is 0. The molecule has 0 spiro atoms. The van der Waals surface area contributed by atoms with Gasteiger partial charge >= 0.3 is 0 Å². The molecule has 0 unspecified atom stereocenters. The number of aliphatic hydroxyl groups is 5. The quantitative estimate of drug-likeness (QED) is 0.322.